The van der Waals surface area contributed by atoms with Crippen molar-refractivity contribution in [3.8, 4) is 34.6 Å². The lowest BCUT2D eigenvalue weighted by Gasteiger charge is -2.26. The van der Waals surface area contributed by atoms with E-state index in [1.54, 1.807) is 43.8 Å². The van der Waals surface area contributed by atoms with Gasteiger partial charge in [-0.3, -0.25) is 4.79 Å². The lowest BCUT2D eigenvalue weighted by atomic mass is 10.1. The van der Waals surface area contributed by atoms with Gasteiger partial charge in [0.1, 0.15) is 11.4 Å². The Kier molecular flexibility index (Phi) is 8.73. The predicted octanol–water partition coefficient (Wildman–Crippen LogP) is 4.28. The fourth-order valence-electron chi connectivity index (χ4n) is 3.90. The van der Waals surface area contributed by atoms with E-state index in [0.29, 0.717) is 40.2 Å². The lowest BCUT2D eigenvalue weighted by molar-refractivity contribution is -0.111. The van der Waals surface area contributed by atoms with Crippen molar-refractivity contribution in [3.05, 3.63) is 73.1 Å². The zero-order chi connectivity index (χ0) is 28.6. The van der Waals surface area contributed by atoms with Crippen molar-refractivity contribution in [2.75, 3.05) is 56.9 Å². The highest BCUT2D eigenvalue weighted by Gasteiger charge is 2.17. The minimum absolute atomic E-state index is 0.321. The molecule has 0 aliphatic carbocycles. The molecule has 3 N–H and O–H groups in total. The SMILES string of the molecule is C=CC(=O)Nc1cc(Nc2nccc(-c3ncc(-c4ccc(C#N)cc4)[nH]3)n2)c(OC)cc1N(C)CCN(C)C. The number of benzene rings is 2. The van der Waals surface area contributed by atoms with Crippen LogP contribution in [0.4, 0.5) is 23.0 Å². The number of likely N-dealkylation sites (N-methyl/N-ethyl adjacent to an activating group) is 2. The van der Waals surface area contributed by atoms with Crippen LogP contribution >= 0.6 is 0 Å². The predicted molar refractivity (Wildman–Crippen MR) is 157 cm³/mol. The molecule has 0 atom stereocenters. The zero-order valence-corrected chi connectivity index (χ0v) is 22.9. The van der Waals surface area contributed by atoms with E-state index in [2.05, 4.69) is 48.1 Å². The van der Waals surface area contributed by atoms with Gasteiger partial charge in [-0.2, -0.15) is 5.26 Å². The summed E-state index contributed by atoms with van der Waals surface area (Å²) in [5.41, 5.74) is 4.82. The van der Waals surface area contributed by atoms with Gasteiger partial charge < -0.3 is 30.2 Å². The van der Waals surface area contributed by atoms with Gasteiger partial charge in [-0.25, -0.2) is 15.0 Å². The molecule has 0 aliphatic heterocycles. The topological polar surface area (TPSA) is 135 Å². The number of carbonyl (C=O) groups excluding carboxylic acids is 1. The molecule has 0 fully saturated rings. The number of amides is 1. The second-order valence-electron chi connectivity index (χ2n) is 9.21. The number of aromatic nitrogens is 4. The van der Waals surface area contributed by atoms with Crippen LogP contribution in [0.1, 0.15) is 5.56 Å². The summed E-state index contributed by atoms with van der Waals surface area (Å²) in [4.78, 5) is 33.1. The fraction of sp³-hybridized carbons (Fsp3) is 0.207. The van der Waals surface area contributed by atoms with Crippen LogP contribution in [-0.4, -0.2) is 72.1 Å². The molecule has 204 valence electrons. The number of nitrogens with zero attached hydrogens (tertiary/aromatic N) is 6. The summed E-state index contributed by atoms with van der Waals surface area (Å²) in [6, 6.07) is 14.7. The number of nitriles is 1. The Morgan fingerprint density at radius 3 is 2.58 bits per heavy atom. The van der Waals surface area contributed by atoms with E-state index < -0.39 is 0 Å². The van der Waals surface area contributed by atoms with Gasteiger partial charge in [-0.05, 0) is 50.0 Å². The van der Waals surface area contributed by atoms with Crippen LogP contribution in [0.5, 0.6) is 5.75 Å². The highest BCUT2D eigenvalue weighted by atomic mass is 16.5. The summed E-state index contributed by atoms with van der Waals surface area (Å²) in [5.74, 6) is 1.11. The first-order chi connectivity index (χ1) is 19.3. The van der Waals surface area contributed by atoms with Gasteiger partial charge in [0.15, 0.2) is 5.82 Å². The third kappa shape index (κ3) is 6.61. The van der Waals surface area contributed by atoms with Crippen LogP contribution in [-0.2, 0) is 4.79 Å². The van der Waals surface area contributed by atoms with E-state index in [9.17, 15) is 4.79 Å². The van der Waals surface area contributed by atoms with E-state index >= 15 is 0 Å². The van der Waals surface area contributed by atoms with Crippen molar-refractivity contribution in [2.45, 2.75) is 0 Å². The number of methoxy groups -OCH3 is 1. The molecule has 0 radical (unpaired) electrons. The molecule has 2 aromatic heterocycles. The first kappa shape index (κ1) is 27.8. The normalized spacial score (nSPS) is 10.6. The minimum atomic E-state index is -0.326. The van der Waals surface area contributed by atoms with Crippen LogP contribution in [0, 0.1) is 11.3 Å². The molecule has 11 heteroatoms. The van der Waals surface area contributed by atoms with E-state index in [0.717, 1.165) is 30.0 Å². The highest BCUT2D eigenvalue weighted by molar-refractivity contribution is 6.02. The van der Waals surface area contributed by atoms with Crippen LogP contribution in [0.2, 0.25) is 0 Å². The highest BCUT2D eigenvalue weighted by Crippen LogP contribution is 2.38. The van der Waals surface area contributed by atoms with E-state index in [-0.39, 0.29) is 5.91 Å². The van der Waals surface area contributed by atoms with Gasteiger partial charge in [0, 0.05) is 32.4 Å². The van der Waals surface area contributed by atoms with E-state index in [4.69, 9.17) is 10.00 Å². The number of hydrogen-bond donors (Lipinski definition) is 3. The molecule has 2 aromatic carbocycles. The summed E-state index contributed by atoms with van der Waals surface area (Å²) in [6.07, 6.45) is 4.57. The number of imidazole rings is 1. The van der Waals surface area contributed by atoms with E-state index in [1.165, 1.54) is 6.08 Å². The largest absolute Gasteiger partial charge is 0.494 e. The average Bonchev–Trinajstić information content (AvgIpc) is 3.47. The Labute approximate surface area is 233 Å². The number of carbonyl (C=O) groups is 1. The van der Waals surface area contributed by atoms with Gasteiger partial charge in [0.05, 0.1) is 47.7 Å². The van der Waals surface area contributed by atoms with E-state index in [1.807, 2.05) is 44.2 Å². The number of aromatic amines is 1. The Morgan fingerprint density at radius 2 is 1.90 bits per heavy atom. The van der Waals surface area contributed by atoms with Crippen LogP contribution in [0.15, 0.2) is 67.5 Å². The Morgan fingerprint density at radius 1 is 1.12 bits per heavy atom. The summed E-state index contributed by atoms with van der Waals surface area (Å²) in [6.45, 7) is 5.13. The molecule has 0 saturated heterocycles. The van der Waals surface area contributed by atoms with Crippen molar-refractivity contribution in [1.29, 1.82) is 5.26 Å². The van der Waals surface area contributed by atoms with Crippen molar-refractivity contribution in [1.82, 2.24) is 24.8 Å². The van der Waals surface area contributed by atoms with Crippen LogP contribution in [0.25, 0.3) is 22.8 Å². The molecule has 0 bridgehead atoms. The number of ether oxygens (including phenoxy) is 1. The van der Waals surface area contributed by atoms with Crippen molar-refractivity contribution < 1.29 is 9.53 Å². The average molecular weight is 538 g/mol. The maximum atomic E-state index is 12.2. The molecule has 2 heterocycles. The minimum Gasteiger partial charge on any atom is -0.494 e. The standard InChI is InChI=1S/C29H31N9O2/c1-6-27(39)33-22-15-23(26(40-5)16-25(22)38(4)14-13-37(2)3)36-29-31-12-11-21(35-29)28-32-18-24(34-28)20-9-7-19(17-30)8-10-20/h6-12,15-16,18H,1,13-14H2,2-5H3,(H,32,34)(H,33,39)(H,31,35,36). The molecule has 0 unspecified atom stereocenters. The smallest absolute Gasteiger partial charge is 0.247 e. The zero-order valence-electron chi connectivity index (χ0n) is 22.9. The number of hydrogen-bond acceptors (Lipinski definition) is 9. The molecule has 0 saturated carbocycles. The number of anilines is 4. The molecule has 4 aromatic rings. The number of H-pyrrole nitrogens is 1. The van der Waals surface area contributed by atoms with Crippen molar-refractivity contribution in [3.63, 3.8) is 0 Å². The first-order valence-corrected chi connectivity index (χ1v) is 12.5. The molecule has 11 nitrogen and oxygen atoms in total. The maximum Gasteiger partial charge on any atom is 0.247 e. The van der Waals surface area contributed by atoms with Gasteiger partial charge in [-0.15, -0.1) is 0 Å². The van der Waals surface area contributed by atoms with Gasteiger partial charge in [-0.1, -0.05) is 18.7 Å². The molecule has 0 spiro atoms. The second-order valence-corrected chi connectivity index (χ2v) is 9.21. The third-order valence-electron chi connectivity index (χ3n) is 6.10. The first-order valence-electron chi connectivity index (χ1n) is 12.5. The molecule has 1 amide bonds. The van der Waals surface area contributed by atoms with Crippen LogP contribution in [0.3, 0.4) is 0 Å². The van der Waals surface area contributed by atoms with Crippen molar-refractivity contribution >= 4 is 28.9 Å². The summed E-state index contributed by atoms with van der Waals surface area (Å²) < 4.78 is 5.68. The lowest BCUT2D eigenvalue weighted by Crippen LogP contribution is -2.29. The Bertz CT molecular complexity index is 1540. The van der Waals surface area contributed by atoms with Gasteiger partial charge >= 0.3 is 0 Å². The Hall–Kier alpha value is -5.21. The number of rotatable bonds is 11. The molecular formula is C29H31N9O2. The molecule has 0 aliphatic rings. The Balaban J connectivity index is 1.63. The van der Waals surface area contributed by atoms with Crippen LogP contribution < -0.4 is 20.3 Å². The second kappa shape index (κ2) is 12.6. The summed E-state index contributed by atoms with van der Waals surface area (Å²) in [7, 11) is 7.55. The summed E-state index contributed by atoms with van der Waals surface area (Å²) >= 11 is 0. The quantitative estimate of drug-likeness (QED) is 0.240. The fourth-order valence-corrected chi connectivity index (χ4v) is 3.90. The molecule has 4 rings (SSSR count). The summed E-state index contributed by atoms with van der Waals surface area (Å²) in [5, 5.41) is 15.1. The van der Waals surface area contributed by atoms with Gasteiger partial charge in [0.2, 0.25) is 11.9 Å². The molecular weight excluding hydrogens is 506 g/mol. The van der Waals surface area contributed by atoms with Gasteiger partial charge in [0.25, 0.3) is 0 Å². The number of nitrogens with one attached hydrogen (secondary N) is 3. The monoisotopic (exact) mass is 537 g/mol. The molecule has 40 heavy (non-hydrogen) atoms. The maximum absolute atomic E-state index is 12.2. The third-order valence-corrected chi connectivity index (χ3v) is 6.10. The van der Waals surface area contributed by atoms with Crippen molar-refractivity contribution in [2.24, 2.45) is 0 Å².